The fourth-order valence-corrected chi connectivity index (χ4v) is 3.42. The summed E-state index contributed by atoms with van der Waals surface area (Å²) in [4.78, 5) is 42.3. The van der Waals surface area contributed by atoms with Crippen LogP contribution in [0.15, 0.2) is 52.1 Å². The summed E-state index contributed by atoms with van der Waals surface area (Å²) in [5, 5.41) is 23.9. The Bertz CT molecular complexity index is 1360. The standard InChI is InChI=1S/C24H27ClFN5O6/c1-14(2)37-20-8-7-17(9-19(20)26)28-22-29-23(35)31(11-21(34)27-18(12-32)13-33)24(36)30(22)10-15-3-5-16(25)6-4-15/h3-9,14,18,32-33H,10-13H2,1-2H3,(H,27,34)(H,28,29,35). The Morgan fingerprint density at radius 2 is 1.78 bits per heavy atom. The van der Waals surface area contributed by atoms with Gasteiger partial charge < -0.3 is 25.6 Å². The molecule has 198 valence electrons. The molecule has 0 saturated heterocycles. The summed E-state index contributed by atoms with van der Waals surface area (Å²) in [6.07, 6.45) is -0.241. The Balaban J connectivity index is 2.00. The Morgan fingerprint density at radius 1 is 1.11 bits per heavy atom. The maximum Gasteiger partial charge on any atom is 0.355 e. The van der Waals surface area contributed by atoms with E-state index in [9.17, 15) is 18.8 Å². The Hall–Kier alpha value is -3.74. The number of hydrogen-bond donors (Lipinski definition) is 4. The van der Waals surface area contributed by atoms with Crippen molar-refractivity contribution >= 4 is 29.1 Å². The quantitative estimate of drug-likeness (QED) is 0.287. The Labute approximate surface area is 216 Å². The first-order valence-corrected chi connectivity index (χ1v) is 11.7. The van der Waals surface area contributed by atoms with Gasteiger partial charge in [0.2, 0.25) is 11.9 Å². The molecule has 0 atom stereocenters. The summed E-state index contributed by atoms with van der Waals surface area (Å²) in [6, 6.07) is 9.69. The molecular formula is C24H27ClFN5O6. The molecule has 0 aliphatic carbocycles. The summed E-state index contributed by atoms with van der Waals surface area (Å²) in [5.41, 5.74) is -1.05. The number of rotatable bonds is 11. The van der Waals surface area contributed by atoms with Gasteiger partial charge in [-0.05, 0) is 43.7 Å². The molecule has 4 N–H and O–H groups in total. The largest absolute Gasteiger partial charge is 0.488 e. The second-order valence-corrected chi connectivity index (χ2v) is 8.80. The number of ether oxygens (including phenoxy) is 1. The third-order valence-electron chi connectivity index (χ3n) is 5.06. The average Bonchev–Trinajstić information content (AvgIpc) is 2.85. The number of amides is 1. The van der Waals surface area contributed by atoms with Gasteiger partial charge in [0, 0.05) is 16.8 Å². The van der Waals surface area contributed by atoms with E-state index in [2.05, 4.69) is 15.6 Å². The number of hydrogen-bond acceptors (Lipinski definition) is 8. The van der Waals surface area contributed by atoms with E-state index in [1.54, 1.807) is 38.1 Å². The van der Waals surface area contributed by atoms with Crippen molar-refractivity contribution in [2.75, 3.05) is 18.5 Å². The smallest absolute Gasteiger partial charge is 0.355 e. The van der Waals surface area contributed by atoms with E-state index in [0.717, 1.165) is 10.6 Å². The summed E-state index contributed by atoms with van der Waals surface area (Å²) in [5.74, 6) is -1.58. The van der Waals surface area contributed by atoms with Crippen molar-refractivity contribution in [1.29, 1.82) is 0 Å². The van der Waals surface area contributed by atoms with Gasteiger partial charge in [0.15, 0.2) is 11.6 Å². The highest BCUT2D eigenvalue weighted by Crippen LogP contribution is 2.24. The topological polar surface area (TPSA) is 148 Å². The van der Waals surface area contributed by atoms with Crippen LogP contribution in [0, 0.1) is 5.82 Å². The lowest BCUT2D eigenvalue weighted by atomic mass is 10.2. The molecule has 0 aliphatic heterocycles. The zero-order valence-corrected chi connectivity index (χ0v) is 20.9. The van der Waals surface area contributed by atoms with E-state index in [1.165, 1.54) is 12.1 Å². The molecule has 1 amide bonds. The predicted molar refractivity (Wildman–Crippen MR) is 135 cm³/mol. The van der Waals surface area contributed by atoms with Crippen LogP contribution in [0.1, 0.15) is 19.4 Å². The molecule has 0 bridgehead atoms. The van der Waals surface area contributed by atoms with E-state index in [-0.39, 0.29) is 30.0 Å². The second-order valence-electron chi connectivity index (χ2n) is 8.37. The normalized spacial score (nSPS) is 11.1. The van der Waals surface area contributed by atoms with Crippen LogP contribution >= 0.6 is 11.6 Å². The van der Waals surface area contributed by atoms with Gasteiger partial charge in [-0.25, -0.2) is 18.5 Å². The van der Waals surface area contributed by atoms with Crippen LogP contribution in [-0.4, -0.2) is 55.6 Å². The van der Waals surface area contributed by atoms with Crippen LogP contribution in [0.25, 0.3) is 0 Å². The molecule has 0 fully saturated rings. The van der Waals surface area contributed by atoms with E-state index in [1.807, 2.05) is 0 Å². The number of aromatic nitrogens is 3. The van der Waals surface area contributed by atoms with E-state index >= 15 is 0 Å². The summed E-state index contributed by atoms with van der Waals surface area (Å²) < 4.78 is 21.6. The van der Waals surface area contributed by atoms with E-state index in [0.29, 0.717) is 15.2 Å². The van der Waals surface area contributed by atoms with Crippen molar-refractivity contribution in [3.8, 4) is 5.75 Å². The molecule has 1 heterocycles. The molecule has 13 heteroatoms. The van der Waals surface area contributed by atoms with Crippen LogP contribution in [0.4, 0.5) is 16.0 Å². The molecule has 1 aromatic heterocycles. The number of halogens is 2. The van der Waals surface area contributed by atoms with Gasteiger partial charge in [-0.2, -0.15) is 4.98 Å². The van der Waals surface area contributed by atoms with Crippen LogP contribution in [0.3, 0.4) is 0 Å². The van der Waals surface area contributed by atoms with Gasteiger partial charge in [0.1, 0.15) is 6.54 Å². The lowest BCUT2D eigenvalue weighted by Crippen LogP contribution is -2.48. The Morgan fingerprint density at radius 3 is 2.38 bits per heavy atom. The van der Waals surface area contributed by atoms with Gasteiger partial charge in [-0.15, -0.1) is 0 Å². The monoisotopic (exact) mass is 535 g/mol. The van der Waals surface area contributed by atoms with Gasteiger partial charge >= 0.3 is 11.4 Å². The molecule has 0 unspecified atom stereocenters. The zero-order valence-electron chi connectivity index (χ0n) is 20.1. The lowest BCUT2D eigenvalue weighted by Gasteiger charge is -2.17. The number of carbonyl (C=O) groups is 1. The SMILES string of the molecule is CC(C)Oc1ccc(Nc2nc(=O)n(CC(=O)NC(CO)CO)c(=O)n2Cc2ccc(Cl)cc2)cc1F. The molecule has 0 saturated carbocycles. The third kappa shape index (κ3) is 7.38. The molecule has 37 heavy (non-hydrogen) atoms. The fourth-order valence-electron chi connectivity index (χ4n) is 3.30. The third-order valence-corrected chi connectivity index (χ3v) is 5.31. The first-order valence-electron chi connectivity index (χ1n) is 11.3. The minimum Gasteiger partial charge on any atom is -0.488 e. The summed E-state index contributed by atoms with van der Waals surface area (Å²) in [6.45, 7) is 1.70. The van der Waals surface area contributed by atoms with Gasteiger partial charge in [0.05, 0.1) is 31.9 Å². The van der Waals surface area contributed by atoms with Crippen molar-refractivity contribution in [2.24, 2.45) is 0 Å². The van der Waals surface area contributed by atoms with Crippen LogP contribution in [0.2, 0.25) is 5.02 Å². The number of aliphatic hydroxyl groups excluding tert-OH is 2. The van der Waals surface area contributed by atoms with Gasteiger partial charge in [0.25, 0.3) is 0 Å². The maximum atomic E-state index is 14.5. The zero-order chi connectivity index (χ0) is 27.1. The molecule has 0 spiro atoms. The van der Waals surface area contributed by atoms with Gasteiger partial charge in [-0.1, -0.05) is 23.7 Å². The highest BCUT2D eigenvalue weighted by atomic mass is 35.5. The molecule has 2 aromatic carbocycles. The molecule has 3 rings (SSSR count). The predicted octanol–water partition coefficient (Wildman–Crippen LogP) is 1.25. The van der Waals surface area contributed by atoms with Gasteiger partial charge in [-0.3, -0.25) is 9.36 Å². The van der Waals surface area contributed by atoms with Crippen molar-refractivity contribution < 1.29 is 24.1 Å². The number of nitrogens with one attached hydrogen (secondary N) is 2. The lowest BCUT2D eigenvalue weighted by molar-refractivity contribution is -0.123. The summed E-state index contributed by atoms with van der Waals surface area (Å²) >= 11 is 5.95. The molecule has 3 aromatic rings. The highest BCUT2D eigenvalue weighted by molar-refractivity contribution is 6.30. The van der Waals surface area contributed by atoms with Crippen molar-refractivity contribution in [3.05, 3.63) is 79.8 Å². The number of aliphatic hydroxyl groups is 2. The number of nitrogens with zero attached hydrogens (tertiary/aromatic N) is 3. The average molecular weight is 536 g/mol. The summed E-state index contributed by atoms with van der Waals surface area (Å²) in [7, 11) is 0. The van der Waals surface area contributed by atoms with Crippen LogP contribution < -0.4 is 26.7 Å². The highest BCUT2D eigenvalue weighted by Gasteiger charge is 2.18. The van der Waals surface area contributed by atoms with Crippen molar-refractivity contribution in [2.45, 2.75) is 39.1 Å². The minimum absolute atomic E-state index is 0.0394. The number of benzene rings is 2. The fraction of sp³-hybridized carbons (Fsp3) is 0.333. The number of carbonyl (C=O) groups excluding carboxylic acids is 1. The number of anilines is 2. The Kier molecular flexibility index (Phi) is 9.39. The minimum atomic E-state index is -1.03. The molecule has 11 nitrogen and oxygen atoms in total. The van der Waals surface area contributed by atoms with E-state index < -0.39 is 48.9 Å². The first-order chi connectivity index (χ1) is 17.6. The molecule has 0 radical (unpaired) electrons. The molecular weight excluding hydrogens is 509 g/mol. The first kappa shape index (κ1) is 27.8. The van der Waals surface area contributed by atoms with Crippen LogP contribution in [0.5, 0.6) is 5.75 Å². The molecule has 0 aliphatic rings. The van der Waals surface area contributed by atoms with Crippen LogP contribution in [-0.2, 0) is 17.9 Å². The second kappa shape index (κ2) is 12.5. The van der Waals surface area contributed by atoms with Crippen molar-refractivity contribution in [3.63, 3.8) is 0 Å². The van der Waals surface area contributed by atoms with E-state index in [4.69, 9.17) is 26.6 Å². The maximum absolute atomic E-state index is 14.5. The van der Waals surface area contributed by atoms with Crippen molar-refractivity contribution in [1.82, 2.24) is 19.4 Å².